The van der Waals surface area contributed by atoms with Crippen molar-refractivity contribution in [2.24, 2.45) is 0 Å². The molecular weight excluding hydrogens is 420 g/mol. The molecule has 3 heterocycles. The van der Waals surface area contributed by atoms with E-state index in [1.54, 1.807) is 44.3 Å². The van der Waals surface area contributed by atoms with E-state index in [0.29, 0.717) is 16.2 Å². The first-order valence-corrected chi connectivity index (χ1v) is 12.1. The van der Waals surface area contributed by atoms with Crippen LogP contribution < -0.4 is 4.90 Å². The standard InChI is InChI=1S/C25H24N4O2S/c1-15(2)32(30,31)19-11-9-18(10-12-19)22-13-26-25-24(28-22)23(14-27-25)29-16(3)20-7-5-6-8-21(20)17(29)4/h5-15,17H,3H2,1-2,4H3,(H,26,27). The highest BCUT2D eigenvalue weighted by atomic mass is 32.2. The predicted molar refractivity (Wildman–Crippen MR) is 128 cm³/mol. The number of fused-ring (bicyclic) bond motifs is 2. The number of aromatic amines is 1. The van der Waals surface area contributed by atoms with E-state index in [1.165, 1.54) is 5.56 Å². The van der Waals surface area contributed by atoms with Crippen molar-refractivity contribution in [2.45, 2.75) is 37.0 Å². The number of H-pyrrole nitrogens is 1. The molecule has 2 aromatic carbocycles. The van der Waals surface area contributed by atoms with Crippen LogP contribution >= 0.6 is 0 Å². The van der Waals surface area contributed by atoms with E-state index in [2.05, 4.69) is 40.5 Å². The number of nitrogens with zero attached hydrogens (tertiary/aromatic N) is 3. The van der Waals surface area contributed by atoms with E-state index in [9.17, 15) is 8.42 Å². The molecule has 162 valence electrons. The molecule has 4 aromatic rings. The molecular formula is C25H24N4O2S. The molecule has 1 aliphatic rings. The van der Waals surface area contributed by atoms with E-state index in [0.717, 1.165) is 28.0 Å². The zero-order valence-corrected chi connectivity index (χ0v) is 19.0. The lowest BCUT2D eigenvalue weighted by molar-refractivity contribution is 0.587. The average molecular weight is 445 g/mol. The van der Waals surface area contributed by atoms with Gasteiger partial charge in [0.25, 0.3) is 0 Å². The topological polar surface area (TPSA) is 79.0 Å². The predicted octanol–water partition coefficient (Wildman–Crippen LogP) is 5.36. The highest BCUT2D eigenvalue weighted by Gasteiger charge is 2.32. The third kappa shape index (κ3) is 3.04. The van der Waals surface area contributed by atoms with Crippen LogP contribution in [0.5, 0.6) is 0 Å². The summed E-state index contributed by atoms with van der Waals surface area (Å²) in [4.78, 5) is 15.1. The molecule has 0 spiro atoms. The van der Waals surface area contributed by atoms with Crippen LogP contribution in [0.2, 0.25) is 0 Å². The average Bonchev–Trinajstić information content (AvgIpc) is 3.32. The molecule has 0 saturated heterocycles. The normalized spacial score (nSPS) is 16.2. The maximum absolute atomic E-state index is 12.4. The lowest BCUT2D eigenvalue weighted by Crippen LogP contribution is -2.17. The quantitative estimate of drug-likeness (QED) is 0.458. The highest BCUT2D eigenvalue weighted by molar-refractivity contribution is 7.92. The van der Waals surface area contributed by atoms with Gasteiger partial charge in [0.15, 0.2) is 15.5 Å². The number of aromatic nitrogens is 3. The van der Waals surface area contributed by atoms with Crippen LogP contribution in [-0.4, -0.2) is 28.6 Å². The number of sulfone groups is 1. The highest BCUT2D eigenvalue weighted by Crippen LogP contribution is 2.45. The molecule has 5 rings (SSSR count). The van der Waals surface area contributed by atoms with Crippen LogP contribution in [0.3, 0.4) is 0 Å². The largest absolute Gasteiger partial charge is 0.343 e. The van der Waals surface area contributed by atoms with Crippen molar-refractivity contribution in [3.63, 3.8) is 0 Å². The lowest BCUT2D eigenvalue weighted by atomic mass is 10.1. The van der Waals surface area contributed by atoms with Gasteiger partial charge >= 0.3 is 0 Å². The van der Waals surface area contributed by atoms with Crippen molar-refractivity contribution in [3.05, 3.63) is 78.6 Å². The van der Waals surface area contributed by atoms with Gasteiger partial charge in [-0.15, -0.1) is 0 Å². The maximum Gasteiger partial charge on any atom is 0.180 e. The summed E-state index contributed by atoms with van der Waals surface area (Å²) in [7, 11) is -3.32. The Morgan fingerprint density at radius 1 is 1.09 bits per heavy atom. The molecule has 0 fully saturated rings. The van der Waals surface area contributed by atoms with E-state index in [-0.39, 0.29) is 6.04 Å². The molecule has 1 atom stereocenters. The second-order valence-electron chi connectivity index (χ2n) is 8.32. The number of benzene rings is 2. The number of anilines is 1. The molecule has 6 nitrogen and oxygen atoms in total. The van der Waals surface area contributed by atoms with Gasteiger partial charge in [0, 0.05) is 23.0 Å². The Morgan fingerprint density at radius 3 is 2.50 bits per heavy atom. The molecule has 2 aromatic heterocycles. The van der Waals surface area contributed by atoms with E-state index in [1.807, 2.05) is 18.3 Å². The van der Waals surface area contributed by atoms with Crippen LogP contribution in [0.25, 0.3) is 28.1 Å². The van der Waals surface area contributed by atoms with Gasteiger partial charge in [0.1, 0.15) is 5.52 Å². The lowest BCUT2D eigenvalue weighted by Gasteiger charge is -2.24. The first-order chi connectivity index (χ1) is 15.3. The first kappa shape index (κ1) is 20.5. The molecule has 0 saturated carbocycles. The van der Waals surface area contributed by atoms with Crippen molar-refractivity contribution in [1.29, 1.82) is 0 Å². The minimum atomic E-state index is -3.32. The van der Waals surface area contributed by atoms with Gasteiger partial charge in [-0.3, -0.25) is 0 Å². The maximum atomic E-state index is 12.4. The Balaban J connectivity index is 1.55. The minimum absolute atomic E-state index is 0.128. The van der Waals surface area contributed by atoms with Crippen LogP contribution in [0.4, 0.5) is 5.69 Å². The summed E-state index contributed by atoms with van der Waals surface area (Å²) in [5, 5.41) is -0.466. The van der Waals surface area contributed by atoms with Gasteiger partial charge in [0.05, 0.1) is 33.8 Å². The fraction of sp³-hybridized carbons (Fsp3) is 0.200. The van der Waals surface area contributed by atoms with Crippen molar-refractivity contribution in [1.82, 2.24) is 15.0 Å². The summed E-state index contributed by atoms with van der Waals surface area (Å²) in [6.07, 6.45) is 3.62. The fourth-order valence-electron chi connectivity index (χ4n) is 4.27. The molecule has 0 radical (unpaired) electrons. The van der Waals surface area contributed by atoms with Crippen molar-refractivity contribution < 1.29 is 8.42 Å². The Bertz CT molecular complexity index is 1450. The van der Waals surface area contributed by atoms with E-state index in [4.69, 9.17) is 4.98 Å². The SMILES string of the molecule is C=C1c2ccccc2C(C)N1c1c[nH]c2ncc(-c3ccc(S(=O)(=O)C(C)C)cc3)nc12. The van der Waals surface area contributed by atoms with Gasteiger partial charge in [-0.05, 0) is 38.5 Å². The van der Waals surface area contributed by atoms with Gasteiger partial charge in [-0.25, -0.2) is 18.4 Å². The molecule has 0 bridgehead atoms. The Morgan fingerprint density at radius 2 is 1.81 bits per heavy atom. The Labute approximate surface area is 187 Å². The summed E-state index contributed by atoms with van der Waals surface area (Å²) in [6, 6.07) is 15.2. The monoisotopic (exact) mass is 444 g/mol. The molecule has 0 amide bonds. The molecule has 0 aliphatic carbocycles. The van der Waals surface area contributed by atoms with Gasteiger partial charge in [-0.2, -0.15) is 0 Å². The van der Waals surface area contributed by atoms with E-state index >= 15 is 0 Å². The molecule has 1 aliphatic heterocycles. The second-order valence-corrected chi connectivity index (χ2v) is 10.8. The minimum Gasteiger partial charge on any atom is -0.343 e. The zero-order chi connectivity index (χ0) is 22.6. The fourth-order valence-corrected chi connectivity index (χ4v) is 5.33. The first-order valence-electron chi connectivity index (χ1n) is 10.5. The number of hydrogen-bond acceptors (Lipinski definition) is 5. The second kappa shape index (κ2) is 7.31. The van der Waals surface area contributed by atoms with Crippen LogP contribution in [-0.2, 0) is 9.84 Å². The van der Waals surface area contributed by atoms with Gasteiger partial charge in [0.2, 0.25) is 0 Å². The summed E-state index contributed by atoms with van der Waals surface area (Å²) < 4.78 is 24.8. The number of nitrogens with one attached hydrogen (secondary N) is 1. The summed E-state index contributed by atoms with van der Waals surface area (Å²) in [5.41, 5.74) is 7.17. The van der Waals surface area contributed by atoms with E-state index < -0.39 is 15.1 Å². The summed E-state index contributed by atoms with van der Waals surface area (Å²) in [6.45, 7) is 9.84. The Kier molecular flexibility index (Phi) is 4.67. The van der Waals surface area contributed by atoms with Crippen molar-refractivity contribution in [3.8, 4) is 11.3 Å². The third-order valence-corrected chi connectivity index (χ3v) is 8.29. The van der Waals surface area contributed by atoms with Crippen LogP contribution in [0.1, 0.15) is 37.9 Å². The summed E-state index contributed by atoms with van der Waals surface area (Å²) >= 11 is 0. The van der Waals surface area contributed by atoms with Crippen LogP contribution in [0.15, 0.2) is 72.4 Å². The summed E-state index contributed by atoms with van der Waals surface area (Å²) in [5.74, 6) is 0. The Hall–Kier alpha value is -3.45. The van der Waals surface area contributed by atoms with Gasteiger partial charge in [-0.1, -0.05) is 43.0 Å². The molecule has 1 N–H and O–H groups in total. The third-order valence-electron chi connectivity index (χ3n) is 6.12. The number of rotatable bonds is 4. The van der Waals surface area contributed by atoms with Crippen LogP contribution in [0, 0.1) is 0 Å². The van der Waals surface area contributed by atoms with Gasteiger partial charge < -0.3 is 9.88 Å². The smallest absolute Gasteiger partial charge is 0.180 e. The van der Waals surface area contributed by atoms with Crippen molar-refractivity contribution >= 4 is 32.4 Å². The van der Waals surface area contributed by atoms with Crippen molar-refractivity contribution in [2.75, 3.05) is 4.90 Å². The molecule has 7 heteroatoms. The zero-order valence-electron chi connectivity index (χ0n) is 18.2. The molecule has 32 heavy (non-hydrogen) atoms. The number of hydrogen-bond donors (Lipinski definition) is 1. The molecule has 1 unspecified atom stereocenters.